The molecule has 1 aliphatic rings. The maximum absolute atomic E-state index is 10.4. The zero-order chi connectivity index (χ0) is 14.2. The van der Waals surface area contributed by atoms with Gasteiger partial charge in [-0.2, -0.15) is 0 Å². The summed E-state index contributed by atoms with van der Waals surface area (Å²) in [5.74, 6) is 0.786. The molecule has 0 radical (unpaired) electrons. The van der Waals surface area contributed by atoms with E-state index in [0.717, 1.165) is 16.9 Å². The third-order valence-corrected chi connectivity index (χ3v) is 4.15. The molecule has 0 aliphatic carbocycles. The maximum atomic E-state index is 10.4. The van der Waals surface area contributed by atoms with Gasteiger partial charge >= 0.3 is 0 Å². The van der Waals surface area contributed by atoms with Gasteiger partial charge in [-0.05, 0) is 16.8 Å². The molecular weight excluding hydrogens is 260 g/mol. The highest BCUT2D eigenvalue weighted by Crippen LogP contribution is 2.42. The van der Waals surface area contributed by atoms with E-state index in [0.29, 0.717) is 6.42 Å². The summed E-state index contributed by atoms with van der Waals surface area (Å²) >= 11 is 0. The molecule has 1 N–H and O–H groups in total. The Morgan fingerprint density at radius 1 is 0.810 bits per heavy atom. The summed E-state index contributed by atoms with van der Waals surface area (Å²) in [6, 6.07) is 22.3. The predicted octanol–water partition coefficient (Wildman–Crippen LogP) is 4.40. The Kier molecular flexibility index (Phi) is 2.90. The number of rotatable bonds is 1. The van der Waals surface area contributed by atoms with Crippen LogP contribution in [0, 0.1) is 0 Å². The van der Waals surface area contributed by atoms with Gasteiger partial charge < -0.3 is 9.84 Å². The Morgan fingerprint density at radius 3 is 2.48 bits per heavy atom. The second kappa shape index (κ2) is 4.90. The lowest BCUT2D eigenvalue weighted by molar-refractivity contribution is 0.0664. The minimum absolute atomic E-state index is 0.110. The molecule has 0 fully saturated rings. The molecule has 3 aromatic carbocycles. The minimum atomic E-state index is -0.473. The average Bonchev–Trinajstić information content (AvgIpc) is 2.54. The van der Waals surface area contributed by atoms with E-state index >= 15 is 0 Å². The van der Waals surface area contributed by atoms with E-state index in [-0.39, 0.29) is 6.10 Å². The van der Waals surface area contributed by atoms with Crippen LogP contribution in [0.3, 0.4) is 0 Å². The van der Waals surface area contributed by atoms with E-state index < -0.39 is 6.10 Å². The van der Waals surface area contributed by atoms with Crippen molar-refractivity contribution < 1.29 is 9.84 Å². The molecule has 2 heteroatoms. The van der Waals surface area contributed by atoms with Crippen LogP contribution in [0.4, 0.5) is 0 Å². The van der Waals surface area contributed by atoms with Gasteiger partial charge in [0, 0.05) is 17.5 Å². The second-order valence-corrected chi connectivity index (χ2v) is 5.46. The van der Waals surface area contributed by atoms with E-state index in [4.69, 9.17) is 4.74 Å². The number of fused-ring (bicyclic) bond motifs is 2. The molecule has 2 unspecified atom stereocenters. The van der Waals surface area contributed by atoms with Crippen LogP contribution < -0.4 is 4.74 Å². The molecule has 1 aliphatic heterocycles. The van der Waals surface area contributed by atoms with Crippen molar-refractivity contribution in [1.82, 2.24) is 0 Å². The Bertz CT molecular complexity index is 789. The van der Waals surface area contributed by atoms with Gasteiger partial charge in [0.15, 0.2) is 0 Å². The molecule has 1 heterocycles. The molecule has 0 saturated carbocycles. The normalized spacial score (nSPS) is 20.8. The first-order valence-electron chi connectivity index (χ1n) is 7.24. The van der Waals surface area contributed by atoms with E-state index in [2.05, 4.69) is 24.3 Å². The van der Waals surface area contributed by atoms with Crippen LogP contribution in [-0.4, -0.2) is 5.11 Å². The van der Waals surface area contributed by atoms with Gasteiger partial charge in [-0.3, -0.25) is 0 Å². The highest BCUT2D eigenvalue weighted by atomic mass is 16.5. The Balaban J connectivity index is 1.81. The van der Waals surface area contributed by atoms with Crippen LogP contribution in [0.15, 0.2) is 66.7 Å². The van der Waals surface area contributed by atoms with Crippen LogP contribution in [-0.2, 0) is 0 Å². The first-order valence-corrected chi connectivity index (χ1v) is 7.24. The van der Waals surface area contributed by atoms with E-state index in [1.807, 2.05) is 42.5 Å². The molecule has 0 amide bonds. The van der Waals surface area contributed by atoms with Gasteiger partial charge in [0.25, 0.3) is 0 Å². The molecule has 0 bridgehead atoms. The SMILES string of the molecule is OC1CC(c2cccc3ccccc23)Oc2ccccc21. The number of benzene rings is 3. The van der Waals surface area contributed by atoms with Gasteiger partial charge in [-0.1, -0.05) is 60.7 Å². The fourth-order valence-electron chi connectivity index (χ4n) is 3.12. The standard InChI is InChI=1S/C19H16O2/c20-17-12-19(21-18-11-4-3-9-16(17)18)15-10-5-7-13-6-1-2-8-14(13)15/h1-11,17,19-20H,12H2. The Morgan fingerprint density at radius 2 is 1.52 bits per heavy atom. The lowest BCUT2D eigenvalue weighted by Gasteiger charge is -2.30. The quantitative estimate of drug-likeness (QED) is 0.714. The molecule has 104 valence electrons. The number of para-hydroxylation sites is 1. The predicted molar refractivity (Wildman–Crippen MR) is 83.3 cm³/mol. The summed E-state index contributed by atoms with van der Waals surface area (Å²) in [4.78, 5) is 0. The molecule has 3 aromatic rings. The molecule has 0 saturated heterocycles. The molecule has 2 nitrogen and oxygen atoms in total. The Labute approximate surface area is 123 Å². The molecule has 0 aromatic heterocycles. The van der Waals surface area contributed by atoms with Crippen LogP contribution in [0.1, 0.15) is 29.8 Å². The van der Waals surface area contributed by atoms with Crippen LogP contribution in [0.5, 0.6) is 5.75 Å². The summed E-state index contributed by atoms with van der Waals surface area (Å²) < 4.78 is 6.14. The third kappa shape index (κ3) is 2.08. The topological polar surface area (TPSA) is 29.5 Å². The van der Waals surface area contributed by atoms with Crippen molar-refractivity contribution in [3.05, 3.63) is 77.9 Å². The highest BCUT2D eigenvalue weighted by molar-refractivity contribution is 5.86. The number of hydrogen-bond donors (Lipinski definition) is 1. The highest BCUT2D eigenvalue weighted by Gasteiger charge is 2.28. The smallest absolute Gasteiger partial charge is 0.127 e. The van der Waals surface area contributed by atoms with Crippen molar-refractivity contribution >= 4 is 10.8 Å². The van der Waals surface area contributed by atoms with Crippen LogP contribution >= 0.6 is 0 Å². The van der Waals surface area contributed by atoms with E-state index in [1.54, 1.807) is 0 Å². The largest absolute Gasteiger partial charge is 0.485 e. The first-order chi connectivity index (χ1) is 10.3. The van der Waals surface area contributed by atoms with Gasteiger partial charge in [0.2, 0.25) is 0 Å². The van der Waals surface area contributed by atoms with Crippen LogP contribution in [0.25, 0.3) is 10.8 Å². The molecule has 2 atom stereocenters. The molecule has 0 spiro atoms. The fourth-order valence-corrected chi connectivity index (χ4v) is 3.12. The van der Waals surface area contributed by atoms with E-state index in [1.165, 1.54) is 10.8 Å². The zero-order valence-corrected chi connectivity index (χ0v) is 11.6. The lowest BCUT2D eigenvalue weighted by atomic mass is 9.92. The Hall–Kier alpha value is -2.32. The van der Waals surface area contributed by atoms with Crippen molar-refractivity contribution in [3.8, 4) is 5.75 Å². The van der Waals surface area contributed by atoms with Gasteiger partial charge in [0.05, 0.1) is 6.10 Å². The van der Waals surface area contributed by atoms with Crippen molar-refractivity contribution in [2.24, 2.45) is 0 Å². The van der Waals surface area contributed by atoms with Crippen molar-refractivity contribution in [2.75, 3.05) is 0 Å². The van der Waals surface area contributed by atoms with E-state index in [9.17, 15) is 5.11 Å². The van der Waals surface area contributed by atoms with Crippen LogP contribution in [0.2, 0.25) is 0 Å². The monoisotopic (exact) mass is 276 g/mol. The molecule has 4 rings (SSSR count). The lowest BCUT2D eigenvalue weighted by Crippen LogP contribution is -2.19. The number of aliphatic hydroxyl groups excluding tert-OH is 1. The summed E-state index contributed by atoms with van der Waals surface area (Å²) in [6.07, 6.45) is 0.00491. The fraction of sp³-hybridized carbons (Fsp3) is 0.158. The van der Waals surface area contributed by atoms with Crippen molar-refractivity contribution in [1.29, 1.82) is 0 Å². The summed E-state index contributed by atoms with van der Waals surface area (Å²) in [7, 11) is 0. The van der Waals surface area contributed by atoms with Gasteiger partial charge in [-0.25, -0.2) is 0 Å². The summed E-state index contributed by atoms with van der Waals surface area (Å²) in [5.41, 5.74) is 2.02. The van der Waals surface area contributed by atoms with Gasteiger partial charge in [-0.15, -0.1) is 0 Å². The maximum Gasteiger partial charge on any atom is 0.127 e. The third-order valence-electron chi connectivity index (χ3n) is 4.15. The number of ether oxygens (including phenoxy) is 1. The van der Waals surface area contributed by atoms with Crippen molar-refractivity contribution in [3.63, 3.8) is 0 Å². The van der Waals surface area contributed by atoms with Crippen molar-refractivity contribution in [2.45, 2.75) is 18.6 Å². The second-order valence-electron chi connectivity index (χ2n) is 5.46. The zero-order valence-electron chi connectivity index (χ0n) is 11.6. The summed E-state index contributed by atoms with van der Waals surface area (Å²) in [5, 5.41) is 12.8. The molecular formula is C19H16O2. The minimum Gasteiger partial charge on any atom is -0.485 e. The first kappa shape index (κ1) is 12.4. The summed E-state index contributed by atoms with van der Waals surface area (Å²) in [6.45, 7) is 0. The number of aliphatic hydroxyl groups is 1. The number of hydrogen-bond acceptors (Lipinski definition) is 2. The average molecular weight is 276 g/mol. The van der Waals surface area contributed by atoms with Gasteiger partial charge in [0.1, 0.15) is 11.9 Å². The molecule has 21 heavy (non-hydrogen) atoms.